The Balaban J connectivity index is 2.70. The van der Waals surface area contributed by atoms with Crippen molar-refractivity contribution in [2.24, 2.45) is 17.8 Å². The maximum atomic E-state index is 11.3. The van der Waals surface area contributed by atoms with Crippen LogP contribution in [0.5, 0.6) is 0 Å². The molecule has 1 rings (SSSR count). The summed E-state index contributed by atoms with van der Waals surface area (Å²) in [6.07, 6.45) is 2.39. The van der Waals surface area contributed by atoms with E-state index in [-0.39, 0.29) is 5.97 Å². The fraction of sp³-hybridized carbons (Fsp3) is 0.727. The Kier molecular flexibility index (Phi) is 3.12. The van der Waals surface area contributed by atoms with Crippen LogP contribution in [-0.4, -0.2) is 13.1 Å². The van der Waals surface area contributed by atoms with Gasteiger partial charge in [-0.15, -0.1) is 0 Å². The summed E-state index contributed by atoms with van der Waals surface area (Å²) in [5, 5.41) is 0. The molecule has 1 saturated carbocycles. The molecular formula is C11H18O2. The molecule has 1 fully saturated rings. The molecule has 0 amide bonds. The molecule has 0 radical (unpaired) electrons. The van der Waals surface area contributed by atoms with Crippen molar-refractivity contribution in [1.82, 2.24) is 0 Å². The van der Waals surface area contributed by atoms with Crippen LogP contribution in [-0.2, 0) is 9.53 Å². The SMILES string of the molecule is C=C(C(=O)OC)C1C(C)CCC1C. The second-order valence-corrected chi connectivity index (χ2v) is 4.07. The minimum absolute atomic E-state index is 0.245. The molecule has 2 heteroatoms. The molecule has 0 saturated heterocycles. The molecule has 0 spiro atoms. The predicted molar refractivity (Wildman–Crippen MR) is 52.2 cm³/mol. The summed E-state index contributed by atoms with van der Waals surface area (Å²) >= 11 is 0. The van der Waals surface area contributed by atoms with Crippen LogP contribution in [0.2, 0.25) is 0 Å². The number of hydrogen-bond acceptors (Lipinski definition) is 2. The van der Waals surface area contributed by atoms with Crippen LogP contribution in [0.15, 0.2) is 12.2 Å². The van der Waals surface area contributed by atoms with E-state index in [0.717, 1.165) is 0 Å². The van der Waals surface area contributed by atoms with Gasteiger partial charge in [-0.2, -0.15) is 0 Å². The molecule has 74 valence electrons. The van der Waals surface area contributed by atoms with Crippen molar-refractivity contribution in [3.05, 3.63) is 12.2 Å². The lowest BCUT2D eigenvalue weighted by Crippen LogP contribution is -2.20. The third-order valence-corrected chi connectivity index (χ3v) is 3.15. The van der Waals surface area contributed by atoms with E-state index < -0.39 is 0 Å². The molecule has 0 aromatic carbocycles. The molecule has 1 aliphatic rings. The van der Waals surface area contributed by atoms with E-state index in [1.54, 1.807) is 0 Å². The quantitative estimate of drug-likeness (QED) is 0.484. The van der Waals surface area contributed by atoms with Gasteiger partial charge in [-0.05, 0) is 30.6 Å². The van der Waals surface area contributed by atoms with Gasteiger partial charge < -0.3 is 4.74 Å². The number of rotatable bonds is 2. The highest BCUT2D eigenvalue weighted by molar-refractivity contribution is 5.88. The summed E-state index contributed by atoms with van der Waals surface area (Å²) in [7, 11) is 1.41. The van der Waals surface area contributed by atoms with Gasteiger partial charge in [0.1, 0.15) is 0 Å². The van der Waals surface area contributed by atoms with E-state index in [1.165, 1.54) is 20.0 Å². The Morgan fingerprint density at radius 1 is 1.31 bits per heavy atom. The summed E-state index contributed by atoms with van der Waals surface area (Å²) in [6, 6.07) is 0. The zero-order chi connectivity index (χ0) is 10.0. The molecule has 2 atom stereocenters. The lowest BCUT2D eigenvalue weighted by molar-refractivity contribution is -0.137. The maximum absolute atomic E-state index is 11.3. The number of carbonyl (C=O) groups is 1. The Hall–Kier alpha value is -0.790. The van der Waals surface area contributed by atoms with Gasteiger partial charge in [0.2, 0.25) is 0 Å². The first-order chi connectivity index (χ1) is 6.07. The van der Waals surface area contributed by atoms with E-state index in [9.17, 15) is 4.79 Å². The number of methoxy groups -OCH3 is 1. The summed E-state index contributed by atoms with van der Waals surface area (Å²) in [4.78, 5) is 11.3. The van der Waals surface area contributed by atoms with Crippen LogP contribution in [0.25, 0.3) is 0 Å². The third kappa shape index (κ3) is 1.93. The highest BCUT2D eigenvalue weighted by Crippen LogP contribution is 2.40. The van der Waals surface area contributed by atoms with Crippen molar-refractivity contribution in [2.75, 3.05) is 7.11 Å². The zero-order valence-corrected chi connectivity index (χ0v) is 8.67. The van der Waals surface area contributed by atoms with Crippen molar-refractivity contribution in [2.45, 2.75) is 26.7 Å². The lowest BCUT2D eigenvalue weighted by Gasteiger charge is -2.20. The molecule has 0 aromatic rings. The molecule has 0 N–H and O–H groups in total. The Morgan fingerprint density at radius 2 is 1.77 bits per heavy atom. The van der Waals surface area contributed by atoms with Crippen LogP contribution < -0.4 is 0 Å². The molecular weight excluding hydrogens is 164 g/mol. The minimum atomic E-state index is -0.245. The fourth-order valence-corrected chi connectivity index (χ4v) is 2.40. The first kappa shape index (κ1) is 10.3. The van der Waals surface area contributed by atoms with Crippen LogP contribution in [0, 0.1) is 17.8 Å². The molecule has 13 heavy (non-hydrogen) atoms. The van der Waals surface area contributed by atoms with Crippen LogP contribution in [0.4, 0.5) is 0 Å². The number of carbonyl (C=O) groups excluding carboxylic acids is 1. The standard InChI is InChI=1S/C11H18O2/c1-7-5-6-8(2)10(7)9(3)11(12)13-4/h7-8,10H,3,5-6H2,1-2,4H3. The monoisotopic (exact) mass is 182 g/mol. The second kappa shape index (κ2) is 3.95. The minimum Gasteiger partial charge on any atom is -0.466 e. The average molecular weight is 182 g/mol. The Morgan fingerprint density at radius 3 is 2.15 bits per heavy atom. The Labute approximate surface area is 80.0 Å². The van der Waals surface area contributed by atoms with Crippen molar-refractivity contribution in [3.63, 3.8) is 0 Å². The first-order valence-corrected chi connectivity index (χ1v) is 4.85. The van der Waals surface area contributed by atoms with Crippen LogP contribution in [0.3, 0.4) is 0 Å². The van der Waals surface area contributed by atoms with E-state index in [1.807, 2.05) is 0 Å². The summed E-state index contributed by atoms with van der Waals surface area (Å²) < 4.78 is 4.68. The van der Waals surface area contributed by atoms with Gasteiger partial charge in [0.05, 0.1) is 7.11 Å². The van der Waals surface area contributed by atoms with Gasteiger partial charge in [-0.1, -0.05) is 20.4 Å². The lowest BCUT2D eigenvalue weighted by atomic mass is 9.85. The average Bonchev–Trinajstić information content (AvgIpc) is 2.44. The molecule has 0 aliphatic heterocycles. The molecule has 1 aliphatic carbocycles. The highest BCUT2D eigenvalue weighted by Gasteiger charge is 2.34. The van der Waals surface area contributed by atoms with E-state index in [2.05, 4.69) is 25.2 Å². The molecule has 0 aromatic heterocycles. The van der Waals surface area contributed by atoms with Crippen molar-refractivity contribution in [3.8, 4) is 0 Å². The highest BCUT2D eigenvalue weighted by atomic mass is 16.5. The fourth-order valence-electron chi connectivity index (χ4n) is 2.40. The third-order valence-electron chi connectivity index (χ3n) is 3.15. The van der Waals surface area contributed by atoms with E-state index in [4.69, 9.17) is 0 Å². The summed E-state index contributed by atoms with van der Waals surface area (Å²) in [5.74, 6) is 1.22. The van der Waals surface area contributed by atoms with Crippen molar-refractivity contribution >= 4 is 5.97 Å². The summed E-state index contributed by atoms with van der Waals surface area (Å²) in [6.45, 7) is 8.20. The molecule has 2 unspecified atom stereocenters. The molecule has 2 nitrogen and oxygen atoms in total. The molecule has 0 bridgehead atoms. The smallest absolute Gasteiger partial charge is 0.333 e. The summed E-state index contributed by atoms with van der Waals surface area (Å²) in [5.41, 5.74) is 0.653. The first-order valence-electron chi connectivity index (χ1n) is 4.85. The molecule has 0 heterocycles. The van der Waals surface area contributed by atoms with Crippen molar-refractivity contribution in [1.29, 1.82) is 0 Å². The van der Waals surface area contributed by atoms with E-state index >= 15 is 0 Å². The zero-order valence-electron chi connectivity index (χ0n) is 8.67. The van der Waals surface area contributed by atoms with E-state index in [0.29, 0.717) is 23.3 Å². The van der Waals surface area contributed by atoms with Gasteiger partial charge in [0.15, 0.2) is 0 Å². The van der Waals surface area contributed by atoms with Crippen molar-refractivity contribution < 1.29 is 9.53 Å². The van der Waals surface area contributed by atoms with Gasteiger partial charge in [0.25, 0.3) is 0 Å². The topological polar surface area (TPSA) is 26.3 Å². The van der Waals surface area contributed by atoms with Gasteiger partial charge in [0, 0.05) is 5.57 Å². The predicted octanol–water partition coefficient (Wildman–Crippen LogP) is 2.40. The van der Waals surface area contributed by atoms with Crippen LogP contribution >= 0.6 is 0 Å². The van der Waals surface area contributed by atoms with Gasteiger partial charge in [-0.25, -0.2) is 4.79 Å². The number of ether oxygens (including phenoxy) is 1. The number of hydrogen-bond donors (Lipinski definition) is 0. The largest absolute Gasteiger partial charge is 0.466 e. The second-order valence-electron chi connectivity index (χ2n) is 4.07. The van der Waals surface area contributed by atoms with Crippen LogP contribution in [0.1, 0.15) is 26.7 Å². The Bertz CT molecular complexity index is 210. The maximum Gasteiger partial charge on any atom is 0.333 e. The number of esters is 1. The van der Waals surface area contributed by atoms with Gasteiger partial charge in [-0.3, -0.25) is 0 Å². The van der Waals surface area contributed by atoms with Gasteiger partial charge >= 0.3 is 5.97 Å². The normalized spacial score (nSPS) is 33.0.